The van der Waals surface area contributed by atoms with E-state index in [1.165, 1.54) is 12.8 Å². The summed E-state index contributed by atoms with van der Waals surface area (Å²) in [5.41, 5.74) is 1.30. The summed E-state index contributed by atoms with van der Waals surface area (Å²) < 4.78 is 12.9. The summed E-state index contributed by atoms with van der Waals surface area (Å²) in [7, 11) is 1.83. The lowest BCUT2D eigenvalue weighted by Crippen LogP contribution is -2.25. The quantitative estimate of drug-likeness (QED) is 0.748. The van der Waals surface area contributed by atoms with Crippen molar-refractivity contribution in [3.05, 3.63) is 28.9 Å². The van der Waals surface area contributed by atoms with Crippen LogP contribution in [0.1, 0.15) is 30.3 Å². The Morgan fingerprint density at radius 2 is 2.04 bits per heavy atom. The van der Waals surface area contributed by atoms with Crippen molar-refractivity contribution in [2.75, 3.05) is 32.8 Å². The summed E-state index contributed by atoms with van der Waals surface area (Å²) in [5, 5.41) is 1.41. The van der Waals surface area contributed by atoms with Crippen LogP contribution >= 0.6 is 11.6 Å². The van der Waals surface area contributed by atoms with Crippen LogP contribution in [0.5, 0.6) is 5.75 Å². The van der Waals surface area contributed by atoms with Gasteiger partial charge in [-0.25, -0.2) is 4.79 Å². The number of halogens is 1. The fourth-order valence-corrected chi connectivity index (χ4v) is 3.42. The Labute approximate surface area is 147 Å². The summed E-state index contributed by atoms with van der Waals surface area (Å²) in [5.74, 6) is 0.391. The molecule has 0 spiro atoms. The van der Waals surface area contributed by atoms with Gasteiger partial charge in [-0.15, -0.1) is 0 Å². The molecule has 0 bridgehead atoms. The number of aromatic nitrogens is 1. The van der Waals surface area contributed by atoms with Crippen molar-refractivity contribution < 1.29 is 14.3 Å². The molecule has 2 heterocycles. The third-order valence-electron chi connectivity index (χ3n) is 4.45. The lowest BCUT2D eigenvalue weighted by atomic mass is 10.2. The molecule has 6 heteroatoms. The second-order valence-corrected chi connectivity index (χ2v) is 6.42. The fraction of sp³-hybridized carbons (Fsp3) is 0.500. The topological polar surface area (TPSA) is 43.7 Å². The SMILES string of the molecule is CCOC(=O)c1cc2c(Cl)ccc(OCCN3CCCC3)c2n1C. The molecule has 1 aliphatic heterocycles. The van der Waals surface area contributed by atoms with Gasteiger partial charge >= 0.3 is 5.97 Å². The van der Waals surface area contributed by atoms with Gasteiger partial charge in [0.25, 0.3) is 0 Å². The molecule has 0 amide bonds. The van der Waals surface area contributed by atoms with E-state index in [9.17, 15) is 4.79 Å². The van der Waals surface area contributed by atoms with Crippen molar-refractivity contribution in [1.82, 2.24) is 9.47 Å². The second-order valence-electron chi connectivity index (χ2n) is 6.01. The maximum atomic E-state index is 12.1. The minimum atomic E-state index is -0.352. The monoisotopic (exact) mass is 350 g/mol. The van der Waals surface area contributed by atoms with E-state index in [1.807, 2.05) is 19.2 Å². The van der Waals surface area contributed by atoms with Crippen molar-refractivity contribution in [2.24, 2.45) is 7.05 Å². The second kappa shape index (κ2) is 7.45. The lowest BCUT2D eigenvalue weighted by Gasteiger charge is -2.16. The van der Waals surface area contributed by atoms with Crippen LogP contribution in [0.25, 0.3) is 10.9 Å². The van der Waals surface area contributed by atoms with Crippen LogP contribution < -0.4 is 4.74 Å². The van der Waals surface area contributed by atoms with Crippen LogP contribution in [-0.4, -0.2) is 48.3 Å². The largest absolute Gasteiger partial charge is 0.490 e. The van der Waals surface area contributed by atoms with E-state index in [0.29, 0.717) is 23.9 Å². The molecule has 0 atom stereocenters. The third-order valence-corrected chi connectivity index (χ3v) is 4.78. The molecule has 0 unspecified atom stereocenters. The van der Waals surface area contributed by atoms with Gasteiger partial charge in [-0.05, 0) is 51.1 Å². The molecule has 0 radical (unpaired) electrons. The Kier molecular flexibility index (Phi) is 5.31. The zero-order chi connectivity index (χ0) is 17.1. The van der Waals surface area contributed by atoms with Gasteiger partial charge in [-0.1, -0.05) is 11.6 Å². The van der Waals surface area contributed by atoms with E-state index in [-0.39, 0.29) is 5.97 Å². The van der Waals surface area contributed by atoms with Gasteiger partial charge in [0.2, 0.25) is 0 Å². The summed E-state index contributed by atoms with van der Waals surface area (Å²) in [6, 6.07) is 5.44. The van der Waals surface area contributed by atoms with Gasteiger partial charge in [0.1, 0.15) is 18.1 Å². The number of benzene rings is 1. The zero-order valence-electron chi connectivity index (χ0n) is 14.2. The molecular formula is C18H23ClN2O3. The number of aryl methyl sites for hydroxylation is 1. The Morgan fingerprint density at radius 1 is 1.29 bits per heavy atom. The number of hydrogen-bond acceptors (Lipinski definition) is 4. The molecular weight excluding hydrogens is 328 g/mol. The predicted molar refractivity (Wildman–Crippen MR) is 95.1 cm³/mol. The molecule has 1 aliphatic rings. The normalized spacial score (nSPS) is 15.1. The average molecular weight is 351 g/mol. The smallest absolute Gasteiger partial charge is 0.354 e. The first kappa shape index (κ1) is 17.1. The van der Waals surface area contributed by atoms with Crippen LogP contribution in [0.2, 0.25) is 5.02 Å². The lowest BCUT2D eigenvalue weighted by molar-refractivity contribution is 0.0516. The standard InChI is InChI=1S/C18H23ClN2O3/c1-3-23-18(22)15-12-13-14(19)6-7-16(17(13)20(15)2)24-11-10-21-8-4-5-9-21/h6-7,12H,3-5,8-11H2,1-2H3. The van der Waals surface area contributed by atoms with Gasteiger partial charge in [-0.3, -0.25) is 4.90 Å². The van der Waals surface area contributed by atoms with Gasteiger partial charge in [0.15, 0.2) is 0 Å². The van der Waals surface area contributed by atoms with E-state index < -0.39 is 0 Å². The van der Waals surface area contributed by atoms with Gasteiger partial charge in [-0.2, -0.15) is 0 Å². The molecule has 0 N–H and O–H groups in total. The van der Waals surface area contributed by atoms with Crippen molar-refractivity contribution in [2.45, 2.75) is 19.8 Å². The van der Waals surface area contributed by atoms with Crippen LogP contribution in [0.3, 0.4) is 0 Å². The number of likely N-dealkylation sites (tertiary alicyclic amines) is 1. The van der Waals surface area contributed by atoms with E-state index >= 15 is 0 Å². The highest BCUT2D eigenvalue weighted by Gasteiger charge is 2.19. The highest BCUT2D eigenvalue weighted by Crippen LogP contribution is 2.34. The minimum Gasteiger partial charge on any atom is -0.490 e. The van der Waals surface area contributed by atoms with E-state index in [1.54, 1.807) is 17.6 Å². The van der Waals surface area contributed by atoms with Crippen LogP contribution in [-0.2, 0) is 11.8 Å². The summed E-state index contributed by atoms with van der Waals surface area (Å²) >= 11 is 6.30. The van der Waals surface area contributed by atoms with Crippen LogP contribution in [0.15, 0.2) is 18.2 Å². The number of carbonyl (C=O) groups excluding carboxylic acids is 1. The highest BCUT2D eigenvalue weighted by molar-refractivity contribution is 6.35. The third kappa shape index (κ3) is 3.37. The van der Waals surface area contributed by atoms with Crippen LogP contribution in [0, 0.1) is 0 Å². The Balaban J connectivity index is 1.84. The number of ether oxygens (including phenoxy) is 2. The molecule has 1 aromatic carbocycles. The first-order valence-corrected chi connectivity index (χ1v) is 8.79. The number of fused-ring (bicyclic) bond motifs is 1. The first-order valence-electron chi connectivity index (χ1n) is 8.42. The number of nitrogens with zero attached hydrogens (tertiary/aromatic N) is 2. The molecule has 0 saturated carbocycles. The molecule has 130 valence electrons. The summed E-state index contributed by atoms with van der Waals surface area (Å²) in [6.45, 7) is 5.97. The van der Waals surface area contributed by atoms with E-state index in [2.05, 4.69) is 4.90 Å². The average Bonchev–Trinajstić information content (AvgIpc) is 3.19. The summed E-state index contributed by atoms with van der Waals surface area (Å²) in [4.78, 5) is 14.5. The van der Waals surface area contributed by atoms with E-state index in [4.69, 9.17) is 21.1 Å². The Hall–Kier alpha value is -1.72. The Morgan fingerprint density at radius 3 is 2.75 bits per heavy atom. The van der Waals surface area contributed by atoms with Crippen molar-refractivity contribution in [1.29, 1.82) is 0 Å². The van der Waals surface area contributed by atoms with Crippen molar-refractivity contribution in [3.8, 4) is 5.75 Å². The molecule has 1 fully saturated rings. The molecule has 2 aromatic rings. The maximum absolute atomic E-state index is 12.1. The number of rotatable bonds is 6. The van der Waals surface area contributed by atoms with Crippen molar-refractivity contribution in [3.63, 3.8) is 0 Å². The van der Waals surface area contributed by atoms with Crippen molar-refractivity contribution >= 4 is 28.5 Å². The fourth-order valence-electron chi connectivity index (χ4n) is 3.21. The Bertz CT molecular complexity index is 735. The number of carbonyl (C=O) groups is 1. The molecule has 1 aromatic heterocycles. The predicted octanol–water partition coefficient (Wildman–Crippen LogP) is 3.48. The highest BCUT2D eigenvalue weighted by atomic mass is 35.5. The molecule has 3 rings (SSSR count). The molecule has 0 aliphatic carbocycles. The van der Waals surface area contributed by atoms with Gasteiger partial charge in [0.05, 0.1) is 17.1 Å². The zero-order valence-corrected chi connectivity index (χ0v) is 14.9. The number of esters is 1. The van der Waals surface area contributed by atoms with E-state index in [0.717, 1.165) is 36.3 Å². The molecule has 1 saturated heterocycles. The molecule has 5 nitrogen and oxygen atoms in total. The number of hydrogen-bond donors (Lipinski definition) is 0. The summed E-state index contributed by atoms with van der Waals surface area (Å²) in [6.07, 6.45) is 2.54. The van der Waals surface area contributed by atoms with Gasteiger partial charge in [0, 0.05) is 19.0 Å². The van der Waals surface area contributed by atoms with Gasteiger partial charge < -0.3 is 14.0 Å². The maximum Gasteiger partial charge on any atom is 0.354 e. The minimum absolute atomic E-state index is 0.341. The van der Waals surface area contributed by atoms with Crippen LogP contribution in [0.4, 0.5) is 0 Å². The molecule has 24 heavy (non-hydrogen) atoms. The first-order chi connectivity index (χ1) is 11.6.